The van der Waals surface area contributed by atoms with E-state index in [9.17, 15) is 26.4 Å². The highest BCUT2D eigenvalue weighted by molar-refractivity contribution is 7.91. The van der Waals surface area contributed by atoms with Gasteiger partial charge in [0.05, 0.1) is 11.4 Å². The number of halogens is 3. The van der Waals surface area contributed by atoms with Crippen LogP contribution >= 0.6 is 0 Å². The number of alkyl halides is 3. The van der Waals surface area contributed by atoms with Crippen LogP contribution in [-0.2, 0) is 20.4 Å². The minimum Gasteiger partial charge on any atom is -0.387 e. The van der Waals surface area contributed by atoms with Crippen molar-refractivity contribution in [3.8, 4) is 11.1 Å². The van der Waals surface area contributed by atoms with Gasteiger partial charge in [-0.15, -0.1) is 0 Å². The molecule has 1 heterocycles. The summed E-state index contributed by atoms with van der Waals surface area (Å²) in [5.41, 5.74) is 4.14. The molecule has 0 radical (unpaired) electrons. The largest absolute Gasteiger partial charge is 0.497 e. The molecule has 0 saturated heterocycles. The van der Waals surface area contributed by atoms with Crippen molar-refractivity contribution in [2.45, 2.75) is 44.4 Å². The molecule has 0 atom stereocenters. The van der Waals surface area contributed by atoms with E-state index >= 15 is 0 Å². The third-order valence-corrected chi connectivity index (χ3v) is 6.96. The molecule has 35 heavy (non-hydrogen) atoms. The van der Waals surface area contributed by atoms with Gasteiger partial charge in [0.25, 0.3) is 9.84 Å². The Morgan fingerprint density at radius 2 is 1.63 bits per heavy atom. The second-order valence-electron chi connectivity index (χ2n) is 8.42. The van der Waals surface area contributed by atoms with Crippen molar-refractivity contribution >= 4 is 33.3 Å². The van der Waals surface area contributed by atoms with Gasteiger partial charge in [0.1, 0.15) is 5.84 Å². The van der Waals surface area contributed by atoms with E-state index in [2.05, 4.69) is 4.99 Å². The molecule has 0 bridgehead atoms. The highest BCUT2D eigenvalue weighted by Crippen LogP contribution is 2.33. The van der Waals surface area contributed by atoms with Gasteiger partial charge in [-0.1, -0.05) is 50.2 Å². The number of fused-ring (bicyclic) bond motifs is 1. The highest BCUT2D eigenvalue weighted by atomic mass is 32.2. The number of aliphatic imine (C=N–C) groups is 1. The number of amides is 1. The van der Waals surface area contributed by atoms with Crippen LogP contribution in [0.2, 0.25) is 0 Å². The van der Waals surface area contributed by atoms with Crippen molar-refractivity contribution in [1.82, 2.24) is 4.90 Å². The molecule has 0 unspecified atom stereocenters. The van der Waals surface area contributed by atoms with Crippen molar-refractivity contribution < 1.29 is 26.4 Å². The zero-order valence-corrected chi connectivity index (χ0v) is 20.4. The van der Waals surface area contributed by atoms with E-state index in [-0.39, 0.29) is 17.9 Å². The first-order valence-corrected chi connectivity index (χ1v) is 13.0. The third kappa shape index (κ3) is 6.30. The Hall–Kier alpha value is -3.14. The van der Waals surface area contributed by atoms with E-state index in [4.69, 9.17) is 5.73 Å². The molecule has 0 fully saturated rings. The van der Waals surface area contributed by atoms with Crippen LogP contribution in [0.25, 0.3) is 17.2 Å². The van der Waals surface area contributed by atoms with Gasteiger partial charge in [0, 0.05) is 30.6 Å². The lowest BCUT2D eigenvalue weighted by molar-refractivity contribution is -0.127. The molecule has 2 aromatic carbocycles. The topological polar surface area (TPSA) is 92.8 Å². The molecular formula is C25H28F3N3O3S. The fraction of sp³-hybridized carbons (Fsp3) is 0.360. The second kappa shape index (κ2) is 10.6. The van der Waals surface area contributed by atoms with Gasteiger partial charge < -0.3 is 10.6 Å². The van der Waals surface area contributed by atoms with E-state index in [0.717, 1.165) is 24.0 Å². The summed E-state index contributed by atoms with van der Waals surface area (Å²) < 4.78 is 60.8. The van der Waals surface area contributed by atoms with Crippen LogP contribution in [-0.4, -0.2) is 43.7 Å². The summed E-state index contributed by atoms with van der Waals surface area (Å²) in [5, 5.41) is 0. The molecule has 1 aliphatic heterocycles. The molecule has 188 valence electrons. The summed E-state index contributed by atoms with van der Waals surface area (Å²) in [6, 6.07) is 11.2. The van der Waals surface area contributed by atoms with Crippen LogP contribution < -0.4 is 5.73 Å². The maximum Gasteiger partial charge on any atom is 0.497 e. The molecule has 2 N–H and O–H groups in total. The number of benzene rings is 2. The summed E-state index contributed by atoms with van der Waals surface area (Å²) in [4.78, 5) is 19.4. The number of hydrogen-bond donors (Lipinski definition) is 1. The van der Waals surface area contributed by atoms with Gasteiger partial charge in [0.15, 0.2) is 0 Å². The van der Waals surface area contributed by atoms with Crippen LogP contribution in [0.4, 0.5) is 18.9 Å². The van der Waals surface area contributed by atoms with Crippen LogP contribution in [0.15, 0.2) is 53.0 Å². The quantitative estimate of drug-likeness (QED) is 0.531. The van der Waals surface area contributed by atoms with Gasteiger partial charge in [-0.05, 0) is 41.7 Å². The Morgan fingerprint density at radius 1 is 1.03 bits per heavy atom. The van der Waals surface area contributed by atoms with Gasteiger partial charge in [0.2, 0.25) is 5.91 Å². The number of hydrogen-bond acceptors (Lipinski definition) is 5. The first-order valence-electron chi connectivity index (χ1n) is 11.3. The first kappa shape index (κ1) is 26.5. The number of nitrogens with two attached hydrogens (primary N) is 1. The van der Waals surface area contributed by atoms with E-state index in [0.29, 0.717) is 35.7 Å². The molecule has 2 aromatic rings. The van der Waals surface area contributed by atoms with Crippen LogP contribution in [0.5, 0.6) is 0 Å². The maximum absolute atomic E-state index is 13.1. The van der Waals surface area contributed by atoms with Gasteiger partial charge >= 0.3 is 5.51 Å². The molecule has 10 heteroatoms. The third-order valence-electron chi connectivity index (χ3n) is 5.54. The smallest absolute Gasteiger partial charge is 0.387 e. The normalized spacial score (nSPS) is 14.0. The van der Waals surface area contributed by atoms with E-state index in [1.54, 1.807) is 24.3 Å². The maximum atomic E-state index is 13.1. The Kier molecular flexibility index (Phi) is 8.04. The minimum atomic E-state index is -5.29. The van der Waals surface area contributed by atoms with Crippen molar-refractivity contribution in [2.75, 3.05) is 13.1 Å². The van der Waals surface area contributed by atoms with E-state index in [1.807, 2.05) is 30.9 Å². The highest BCUT2D eigenvalue weighted by Gasteiger charge is 2.45. The SMILES string of the molecule is CCCN(CCC)C(=O)C1=Cc2ccc(-c3ccc(CS(=O)(=O)C(F)(F)F)cc3)cc2N=C(N)C1. The lowest BCUT2D eigenvalue weighted by Crippen LogP contribution is -2.34. The summed E-state index contributed by atoms with van der Waals surface area (Å²) in [7, 11) is -5.25. The summed E-state index contributed by atoms with van der Waals surface area (Å²) >= 11 is 0. The molecule has 1 aliphatic rings. The monoisotopic (exact) mass is 507 g/mol. The average molecular weight is 508 g/mol. The summed E-state index contributed by atoms with van der Waals surface area (Å²) in [6.07, 6.45) is 3.73. The van der Waals surface area contributed by atoms with Crippen molar-refractivity contribution in [3.05, 3.63) is 59.2 Å². The predicted octanol–water partition coefficient (Wildman–Crippen LogP) is 5.21. The fourth-order valence-electron chi connectivity index (χ4n) is 3.86. The summed E-state index contributed by atoms with van der Waals surface area (Å²) in [6.45, 7) is 5.36. The Bertz CT molecular complexity index is 1240. The van der Waals surface area contributed by atoms with E-state index < -0.39 is 21.1 Å². The zero-order valence-electron chi connectivity index (χ0n) is 19.6. The lowest BCUT2D eigenvalue weighted by atomic mass is 10.00. The summed E-state index contributed by atoms with van der Waals surface area (Å²) in [5.74, 6) is -0.870. The number of rotatable bonds is 8. The first-order chi connectivity index (χ1) is 16.4. The van der Waals surface area contributed by atoms with Crippen molar-refractivity contribution in [1.29, 1.82) is 0 Å². The van der Waals surface area contributed by atoms with Crippen LogP contribution in [0.1, 0.15) is 44.2 Å². The molecule has 3 rings (SSSR count). The predicted molar refractivity (Wildman–Crippen MR) is 132 cm³/mol. The Labute approximate surface area is 203 Å². The number of sulfone groups is 1. The molecule has 0 aromatic heterocycles. The Balaban J connectivity index is 1.89. The average Bonchev–Trinajstić information content (AvgIpc) is 2.95. The van der Waals surface area contributed by atoms with E-state index in [1.165, 1.54) is 12.1 Å². The minimum absolute atomic E-state index is 0.0397. The van der Waals surface area contributed by atoms with Crippen molar-refractivity contribution in [2.24, 2.45) is 10.7 Å². The van der Waals surface area contributed by atoms with Crippen LogP contribution in [0, 0.1) is 0 Å². The van der Waals surface area contributed by atoms with Crippen molar-refractivity contribution in [3.63, 3.8) is 0 Å². The molecule has 0 aliphatic carbocycles. The molecule has 0 spiro atoms. The number of amidine groups is 1. The second-order valence-corrected chi connectivity index (χ2v) is 10.4. The lowest BCUT2D eigenvalue weighted by Gasteiger charge is -2.22. The zero-order chi connectivity index (χ0) is 25.8. The van der Waals surface area contributed by atoms with Gasteiger partial charge in [-0.2, -0.15) is 13.2 Å². The number of nitrogens with zero attached hydrogens (tertiary/aromatic N) is 2. The van der Waals surface area contributed by atoms with Gasteiger partial charge in [-0.3, -0.25) is 4.79 Å². The van der Waals surface area contributed by atoms with Crippen LogP contribution in [0.3, 0.4) is 0 Å². The van der Waals surface area contributed by atoms with Gasteiger partial charge in [-0.25, -0.2) is 13.4 Å². The fourth-order valence-corrected chi connectivity index (χ4v) is 4.66. The molecular weight excluding hydrogens is 479 g/mol. The Morgan fingerprint density at radius 3 is 2.20 bits per heavy atom. The molecule has 1 amide bonds. The number of carbonyl (C=O) groups is 1. The number of carbonyl (C=O) groups excluding carboxylic acids is 1. The standard InChI is InChI=1S/C25H28F3N3O3S/c1-3-11-31(12-4-2)24(32)21-13-20-10-9-19(14-22(20)30-23(29)15-21)18-7-5-17(6-8-18)16-35(33,34)25(26,27)28/h5-10,13-14H,3-4,11-12,15-16H2,1-2H3,(H2,29,30). The molecule has 6 nitrogen and oxygen atoms in total. The molecule has 0 saturated carbocycles.